The van der Waals surface area contributed by atoms with Gasteiger partial charge in [0.25, 0.3) is 0 Å². The first-order chi connectivity index (χ1) is 5.83. The molecule has 1 fully saturated rings. The molecule has 1 aliphatic carbocycles. The van der Waals surface area contributed by atoms with Crippen LogP contribution < -0.4 is 0 Å². The molecule has 0 aromatic heterocycles. The van der Waals surface area contributed by atoms with Crippen molar-refractivity contribution in [2.24, 2.45) is 5.41 Å². The van der Waals surface area contributed by atoms with Crippen LogP contribution in [0.1, 0.15) is 38.5 Å². The normalized spacial score (nSPS) is 21.4. The van der Waals surface area contributed by atoms with Crippen molar-refractivity contribution in [3.05, 3.63) is 18.4 Å². The zero-order valence-electron chi connectivity index (χ0n) is 7.68. The van der Waals surface area contributed by atoms with Gasteiger partial charge in [0.15, 0.2) is 0 Å². The summed E-state index contributed by atoms with van der Waals surface area (Å²) in [7, 11) is 0. The quantitative estimate of drug-likeness (QED) is 0.639. The molecule has 0 amide bonds. The highest BCUT2D eigenvalue weighted by atomic mass is 16.3. The summed E-state index contributed by atoms with van der Waals surface area (Å²) in [5.74, 6) is 0. The van der Waals surface area contributed by atoms with Gasteiger partial charge in [-0.25, -0.2) is 0 Å². The van der Waals surface area contributed by atoms with Gasteiger partial charge in [-0.2, -0.15) is 0 Å². The van der Waals surface area contributed by atoms with E-state index in [1.54, 1.807) is 0 Å². The third kappa shape index (κ3) is 2.23. The van der Waals surface area contributed by atoms with E-state index in [0.29, 0.717) is 6.61 Å². The molecule has 0 bridgehead atoms. The average molecular weight is 166 g/mol. The second-order valence-electron chi connectivity index (χ2n) is 3.83. The molecule has 12 heavy (non-hydrogen) atoms. The number of aliphatic hydroxyl groups is 1. The van der Waals surface area contributed by atoms with E-state index in [9.17, 15) is 5.11 Å². The monoisotopic (exact) mass is 166 g/mol. The molecule has 0 spiro atoms. The summed E-state index contributed by atoms with van der Waals surface area (Å²) < 4.78 is 0. The summed E-state index contributed by atoms with van der Waals surface area (Å²) in [5.41, 5.74) is 2.96. The number of allylic oxidation sites excluding steroid dienone is 1. The van der Waals surface area contributed by atoms with Crippen LogP contribution in [0.25, 0.3) is 0 Å². The number of aliphatic hydroxyl groups excluding tert-OH is 1. The largest absolute Gasteiger partial charge is 0.396 e. The Morgan fingerprint density at radius 3 is 2.50 bits per heavy atom. The predicted molar refractivity (Wildman–Crippen MR) is 50.9 cm³/mol. The van der Waals surface area contributed by atoms with Crippen molar-refractivity contribution in [1.82, 2.24) is 0 Å². The van der Waals surface area contributed by atoms with Gasteiger partial charge < -0.3 is 5.11 Å². The maximum Gasteiger partial charge on any atom is 0.0490 e. The van der Waals surface area contributed by atoms with E-state index in [1.165, 1.54) is 32.1 Å². The predicted octanol–water partition coefficient (Wildman–Crippen LogP) is 2.66. The maximum atomic E-state index is 9.30. The van der Waals surface area contributed by atoms with Crippen molar-refractivity contribution in [3.8, 4) is 0 Å². The Bertz CT molecular complexity index is 171. The van der Waals surface area contributed by atoms with E-state index in [4.69, 9.17) is 0 Å². The molecule has 0 unspecified atom stereocenters. The lowest BCUT2D eigenvalue weighted by atomic mass is 9.72. The number of hydrogen-bond acceptors (Lipinski definition) is 1. The molecule has 0 heterocycles. The highest BCUT2D eigenvalue weighted by Gasteiger charge is 2.29. The van der Waals surface area contributed by atoms with E-state index >= 15 is 0 Å². The molecular weight excluding hydrogens is 148 g/mol. The summed E-state index contributed by atoms with van der Waals surface area (Å²) in [5, 5.41) is 9.30. The minimum absolute atomic E-state index is 0.170. The first-order valence-corrected chi connectivity index (χ1v) is 4.78. The van der Waals surface area contributed by atoms with Crippen molar-refractivity contribution >= 4 is 0 Å². The topological polar surface area (TPSA) is 20.2 Å². The van der Waals surface area contributed by atoms with Crippen LogP contribution >= 0.6 is 0 Å². The lowest BCUT2D eigenvalue weighted by molar-refractivity contribution is 0.0850. The van der Waals surface area contributed by atoms with E-state index in [1.807, 2.05) is 6.08 Å². The van der Waals surface area contributed by atoms with Crippen LogP contribution in [0, 0.1) is 5.41 Å². The third-order valence-corrected chi connectivity index (χ3v) is 2.93. The summed E-state index contributed by atoms with van der Waals surface area (Å²) >= 11 is 0. The molecule has 0 aromatic rings. The van der Waals surface area contributed by atoms with Crippen LogP contribution in [-0.4, -0.2) is 11.7 Å². The van der Waals surface area contributed by atoms with Crippen molar-refractivity contribution < 1.29 is 5.11 Å². The molecule has 1 N–H and O–H groups in total. The van der Waals surface area contributed by atoms with Gasteiger partial charge in [0.1, 0.15) is 0 Å². The lowest BCUT2D eigenvalue weighted by Gasteiger charge is -2.34. The van der Waals surface area contributed by atoms with E-state index in [0.717, 1.165) is 6.42 Å². The highest BCUT2D eigenvalue weighted by Crippen LogP contribution is 2.38. The number of rotatable bonds is 3. The minimum atomic E-state index is 0.170. The molecule has 0 aliphatic heterocycles. The Kier molecular flexibility index (Phi) is 3.58. The van der Waals surface area contributed by atoms with Crippen molar-refractivity contribution in [2.75, 3.05) is 6.61 Å². The Morgan fingerprint density at radius 1 is 1.33 bits per heavy atom. The van der Waals surface area contributed by atoms with Crippen LogP contribution in [-0.2, 0) is 0 Å². The van der Waals surface area contributed by atoms with Gasteiger partial charge in [-0.3, -0.25) is 0 Å². The van der Waals surface area contributed by atoms with Gasteiger partial charge in [-0.05, 0) is 30.8 Å². The lowest BCUT2D eigenvalue weighted by Crippen LogP contribution is -2.27. The number of hydrogen-bond donors (Lipinski definition) is 1. The first kappa shape index (κ1) is 9.57. The fraction of sp³-hybridized carbons (Fsp3) is 0.727. The van der Waals surface area contributed by atoms with Crippen molar-refractivity contribution in [3.63, 3.8) is 0 Å². The summed E-state index contributed by atoms with van der Waals surface area (Å²) in [4.78, 5) is 0. The average Bonchev–Trinajstić information content (AvgIpc) is 2.16. The molecule has 1 heteroatoms. The maximum absolute atomic E-state index is 9.30. The Hall–Kier alpha value is -0.520. The van der Waals surface area contributed by atoms with Gasteiger partial charge in [0.2, 0.25) is 0 Å². The molecule has 0 radical (unpaired) electrons. The van der Waals surface area contributed by atoms with Crippen molar-refractivity contribution in [1.29, 1.82) is 0 Å². The molecule has 0 aromatic carbocycles. The summed E-state index contributed by atoms with van der Waals surface area (Å²) in [6, 6.07) is 0. The Balaban J connectivity index is 2.53. The van der Waals surface area contributed by atoms with Crippen LogP contribution in [0.3, 0.4) is 0 Å². The van der Waals surface area contributed by atoms with Gasteiger partial charge in [0.05, 0.1) is 0 Å². The van der Waals surface area contributed by atoms with Crippen LogP contribution in [0.4, 0.5) is 0 Å². The molecule has 1 nitrogen and oxygen atoms in total. The highest BCUT2D eigenvalue weighted by molar-refractivity contribution is 4.90. The van der Waals surface area contributed by atoms with Gasteiger partial charge in [-0.1, -0.05) is 25.8 Å². The molecule has 68 valence electrons. The standard InChI is InChI=1S/C11H18O/c1-2-3-7-11(10-12)8-5-4-6-9-11/h3,12H,1,4-10H2. The molecule has 1 saturated carbocycles. The SMILES string of the molecule is C=C=CCC1(CO)CCCCC1. The summed E-state index contributed by atoms with van der Waals surface area (Å²) in [6.07, 6.45) is 9.12. The Labute approximate surface area is 74.8 Å². The van der Waals surface area contributed by atoms with E-state index in [2.05, 4.69) is 12.3 Å². The molecule has 0 atom stereocenters. The van der Waals surface area contributed by atoms with E-state index < -0.39 is 0 Å². The molecular formula is C11H18O. The fourth-order valence-corrected chi connectivity index (χ4v) is 2.02. The molecule has 0 saturated heterocycles. The van der Waals surface area contributed by atoms with Crippen LogP contribution in [0.2, 0.25) is 0 Å². The molecule has 1 aliphatic rings. The second-order valence-corrected chi connectivity index (χ2v) is 3.83. The van der Waals surface area contributed by atoms with Crippen molar-refractivity contribution in [2.45, 2.75) is 38.5 Å². The van der Waals surface area contributed by atoms with E-state index in [-0.39, 0.29) is 5.41 Å². The molecule has 1 rings (SSSR count). The summed E-state index contributed by atoms with van der Waals surface area (Å²) in [6.45, 7) is 3.87. The zero-order valence-corrected chi connectivity index (χ0v) is 7.68. The Morgan fingerprint density at radius 2 is 2.00 bits per heavy atom. The van der Waals surface area contributed by atoms with Crippen LogP contribution in [0.5, 0.6) is 0 Å². The first-order valence-electron chi connectivity index (χ1n) is 4.78. The third-order valence-electron chi connectivity index (χ3n) is 2.93. The zero-order chi connectivity index (χ0) is 8.86. The minimum Gasteiger partial charge on any atom is -0.396 e. The van der Waals surface area contributed by atoms with Gasteiger partial charge in [0, 0.05) is 6.61 Å². The van der Waals surface area contributed by atoms with Gasteiger partial charge in [-0.15, -0.1) is 5.73 Å². The second kappa shape index (κ2) is 4.49. The smallest absolute Gasteiger partial charge is 0.0490 e. The fourth-order valence-electron chi connectivity index (χ4n) is 2.02. The van der Waals surface area contributed by atoms with Gasteiger partial charge >= 0.3 is 0 Å². The van der Waals surface area contributed by atoms with Crippen LogP contribution in [0.15, 0.2) is 18.4 Å².